The summed E-state index contributed by atoms with van der Waals surface area (Å²) in [5, 5.41) is 7.94. The molecule has 1 aliphatic heterocycles. The highest BCUT2D eigenvalue weighted by Crippen LogP contribution is 2.25. The molecule has 0 aliphatic carbocycles. The summed E-state index contributed by atoms with van der Waals surface area (Å²) in [6.45, 7) is 4.84. The van der Waals surface area contributed by atoms with Gasteiger partial charge in [0.15, 0.2) is 17.0 Å². The maximum Gasteiger partial charge on any atom is 0.229 e. The third kappa shape index (κ3) is 4.22. The highest BCUT2D eigenvalue weighted by Gasteiger charge is 2.19. The van der Waals surface area contributed by atoms with Gasteiger partial charge in [-0.05, 0) is 24.6 Å². The summed E-state index contributed by atoms with van der Waals surface area (Å²) in [7, 11) is 0. The molecule has 0 saturated carbocycles. The molecule has 9 nitrogen and oxygen atoms in total. The summed E-state index contributed by atoms with van der Waals surface area (Å²) < 4.78 is 7.16. The van der Waals surface area contributed by atoms with Crippen molar-refractivity contribution in [1.29, 1.82) is 0 Å². The average Bonchev–Trinajstić information content (AvgIpc) is 3.22. The Morgan fingerprint density at radius 3 is 2.74 bits per heavy atom. The fraction of sp³-hybridized carbons (Fsp3) is 0.227. The van der Waals surface area contributed by atoms with E-state index in [1.165, 1.54) is 5.56 Å². The number of benzene rings is 1. The fourth-order valence-electron chi connectivity index (χ4n) is 3.40. The molecule has 156 valence electrons. The zero-order valence-corrected chi connectivity index (χ0v) is 17.1. The quantitative estimate of drug-likeness (QED) is 0.502. The SMILES string of the molecule is Cc1cccc(/C=N/n2cnc3c(Nc4ccncc4)nc(N4CCOCC4)nc32)c1. The molecule has 1 aliphatic rings. The van der Waals surface area contributed by atoms with Crippen LogP contribution in [0.15, 0.2) is 60.2 Å². The van der Waals surface area contributed by atoms with Crippen molar-refractivity contribution in [3.05, 3.63) is 66.2 Å². The molecule has 9 heteroatoms. The summed E-state index contributed by atoms with van der Waals surface area (Å²) in [5.41, 5.74) is 4.35. The Kier molecular flexibility index (Phi) is 5.24. The minimum atomic E-state index is 0.625. The van der Waals surface area contributed by atoms with Gasteiger partial charge in [0.2, 0.25) is 5.95 Å². The van der Waals surface area contributed by atoms with Crippen molar-refractivity contribution in [3.8, 4) is 0 Å². The lowest BCUT2D eigenvalue weighted by molar-refractivity contribution is 0.122. The molecule has 0 unspecified atom stereocenters. The van der Waals surface area contributed by atoms with Gasteiger partial charge in [0.25, 0.3) is 0 Å². The molecule has 1 saturated heterocycles. The number of fused-ring (bicyclic) bond motifs is 1. The molecular formula is C22H22N8O. The highest BCUT2D eigenvalue weighted by molar-refractivity contribution is 5.87. The van der Waals surface area contributed by atoms with Crippen molar-refractivity contribution in [3.63, 3.8) is 0 Å². The number of anilines is 3. The van der Waals surface area contributed by atoms with Crippen molar-refractivity contribution in [2.45, 2.75) is 6.92 Å². The lowest BCUT2D eigenvalue weighted by Gasteiger charge is -2.27. The monoisotopic (exact) mass is 414 g/mol. The molecule has 0 bridgehead atoms. The van der Waals surface area contributed by atoms with Gasteiger partial charge in [-0.15, -0.1) is 0 Å². The number of hydrogen-bond donors (Lipinski definition) is 1. The van der Waals surface area contributed by atoms with E-state index in [0.29, 0.717) is 36.1 Å². The molecule has 5 rings (SSSR count). The van der Waals surface area contributed by atoms with E-state index in [0.717, 1.165) is 24.3 Å². The average molecular weight is 414 g/mol. The minimum absolute atomic E-state index is 0.625. The van der Waals surface area contributed by atoms with Gasteiger partial charge in [-0.1, -0.05) is 29.8 Å². The second-order valence-electron chi connectivity index (χ2n) is 7.25. The smallest absolute Gasteiger partial charge is 0.229 e. The maximum atomic E-state index is 5.48. The first-order valence-electron chi connectivity index (χ1n) is 10.1. The van der Waals surface area contributed by atoms with E-state index < -0.39 is 0 Å². The Labute approximate surface area is 179 Å². The number of nitrogens with zero attached hydrogens (tertiary/aromatic N) is 7. The Hall–Kier alpha value is -3.85. The van der Waals surface area contributed by atoms with Crippen LogP contribution in [0.1, 0.15) is 11.1 Å². The summed E-state index contributed by atoms with van der Waals surface area (Å²) in [6, 6.07) is 11.9. The second kappa shape index (κ2) is 8.49. The van der Waals surface area contributed by atoms with E-state index in [1.54, 1.807) is 29.6 Å². The number of hydrogen-bond acceptors (Lipinski definition) is 8. The van der Waals surface area contributed by atoms with E-state index in [9.17, 15) is 0 Å². The van der Waals surface area contributed by atoms with E-state index in [-0.39, 0.29) is 0 Å². The van der Waals surface area contributed by atoms with Crippen molar-refractivity contribution in [1.82, 2.24) is 24.6 Å². The first kappa shape index (κ1) is 19.1. The number of aromatic nitrogens is 5. The maximum absolute atomic E-state index is 5.48. The van der Waals surface area contributed by atoms with E-state index >= 15 is 0 Å². The van der Waals surface area contributed by atoms with E-state index in [1.807, 2.05) is 24.3 Å². The Morgan fingerprint density at radius 2 is 1.94 bits per heavy atom. The van der Waals surface area contributed by atoms with Gasteiger partial charge in [-0.3, -0.25) is 4.98 Å². The van der Waals surface area contributed by atoms with Gasteiger partial charge >= 0.3 is 0 Å². The number of ether oxygens (including phenoxy) is 1. The predicted octanol–water partition coefficient (Wildman–Crippen LogP) is 2.99. The number of morpholine rings is 1. The van der Waals surface area contributed by atoms with Crippen LogP contribution >= 0.6 is 0 Å². The van der Waals surface area contributed by atoms with Crippen LogP contribution < -0.4 is 10.2 Å². The van der Waals surface area contributed by atoms with Crippen LogP contribution in [-0.4, -0.2) is 57.1 Å². The van der Waals surface area contributed by atoms with Gasteiger partial charge in [0, 0.05) is 31.2 Å². The first-order chi connectivity index (χ1) is 15.3. The summed E-state index contributed by atoms with van der Waals surface area (Å²) in [6.07, 6.45) is 6.93. The summed E-state index contributed by atoms with van der Waals surface area (Å²) in [5.74, 6) is 1.25. The van der Waals surface area contributed by atoms with Crippen LogP contribution in [0.4, 0.5) is 17.5 Å². The Bertz CT molecular complexity index is 1210. The molecular weight excluding hydrogens is 392 g/mol. The zero-order valence-electron chi connectivity index (χ0n) is 17.1. The molecule has 31 heavy (non-hydrogen) atoms. The number of imidazole rings is 1. The Balaban J connectivity index is 1.56. The molecule has 3 aromatic heterocycles. The van der Waals surface area contributed by atoms with Crippen LogP contribution in [0.2, 0.25) is 0 Å². The number of nitrogens with one attached hydrogen (secondary N) is 1. The van der Waals surface area contributed by atoms with Crippen LogP contribution in [0.25, 0.3) is 11.2 Å². The van der Waals surface area contributed by atoms with E-state index in [4.69, 9.17) is 14.7 Å². The lowest BCUT2D eigenvalue weighted by atomic mass is 10.2. The molecule has 1 N–H and O–H groups in total. The predicted molar refractivity (Wildman–Crippen MR) is 120 cm³/mol. The standard InChI is InChI=1S/C22H22N8O/c1-16-3-2-4-17(13-16)14-25-30-15-24-19-20(26-18-5-7-23-8-6-18)27-22(28-21(19)30)29-9-11-31-12-10-29/h2-8,13-15H,9-12H2,1H3,(H,23,26,27,28)/b25-14+. The van der Waals surface area contributed by atoms with Crippen molar-refractivity contribution < 1.29 is 4.74 Å². The molecule has 4 heterocycles. The van der Waals surface area contributed by atoms with Crippen LogP contribution in [0, 0.1) is 6.92 Å². The fourth-order valence-corrected chi connectivity index (χ4v) is 3.40. The van der Waals surface area contributed by atoms with Crippen molar-refractivity contribution in [2.24, 2.45) is 5.10 Å². The normalized spacial score (nSPS) is 14.4. The third-order valence-electron chi connectivity index (χ3n) is 4.98. The third-order valence-corrected chi connectivity index (χ3v) is 4.98. The van der Waals surface area contributed by atoms with Crippen LogP contribution in [-0.2, 0) is 4.74 Å². The zero-order chi connectivity index (χ0) is 21.0. The number of rotatable bonds is 5. The topological polar surface area (TPSA) is 93.4 Å². The van der Waals surface area contributed by atoms with Gasteiger partial charge in [0.1, 0.15) is 6.33 Å². The molecule has 0 amide bonds. The van der Waals surface area contributed by atoms with Crippen LogP contribution in [0.5, 0.6) is 0 Å². The molecule has 1 fully saturated rings. The van der Waals surface area contributed by atoms with Gasteiger partial charge in [-0.2, -0.15) is 15.1 Å². The van der Waals surface area contributed by atoms with Crippen LogP contribution in [0.3, 0.4) is 0 Å². The first-order valence-corrected chi connectivity index (χ1v) is 10.1. The molecule has 0 atom stereocenters. The largest absolute Gasteiger partial charge is 0.378 e. The van der Waals surface area contributed by atoms with Gasteiger partial charge in [-0.25, -0.2) is 9.66 Å². The Morgan fingerprint density at radius 1 is 1.10 bits per heavy atom. The minimum Gasteiger partial charge on any atom is -0.378 e. The van der Waals surface area contributed by atoms with Gasteiger partial charge in [0.05, 0.1) is 19.4 Å². The van der Waals surface area contributed by atoms with E-state index in [2.05, 4.69) is 44.3 Å². The lowest BCUT2D eigenvalue weighted by Crippen LogP contribution is -2.37. The number of pyridine rings is 1. The second-order valence-corrected chi connectivity index (χ2v) is 7.25. The summed E-state index contributed by atoms with van der Waals surface area (Å²) in [4.78, 5) is 20.3. The molecule has 0 spiro atoms. The number of aryl methyl sites for hydroxylation is 1. The molecule has 1 aromatic carbocycles. The van der Waals surface area contributed by atoms with Crippen molar-refractivity contribution >= 4 is 34.8 Å². The highest BCUT2D eigenvalue weighted by atomic mass is 16.5. The van der Waals surface area contributed by atoms with Crippen molar-refractivity contribution in [2.75, 3.05) is 36.5 Å². The van der Waals surface area contributed by atoms with Gasteiger partial charge < -0.3 is 15.0 Å². The molecule has 4 aromatic rings. The molecule has 0 radical (unpaired) electrons. The summed E-state index contributed by atoms with van der Waals surface area (Å²) >= 11 is 0.